The minimum absolute atomic E-state index is 0.0227. The van der Waals surface area contributed by atoms with Gasteiger partial charge in [0, 0.05) is 5.16 Å². The molecule has 1 radical (unpaired) electrons. The average Bonchev–Trinajstić information content (AvgIpc) is 2.67. The molecule has 0 bridgehead atoms. The van der Waals surface area contributed by atoms with Crippen LogP contribution in [0.25, 0.3) is 22.3 Å². The lowest BCUT2D eigenvalue weighted by molar-refractivity contribution is 0.0841. The maximum Gasteiger partial charge on any atom is 0.330 e. The van der Waals surface area contributed by atoms with Crippen molar-refractivity contribution in [3.63, 3.8) is 0 Å². The largest absolute Gasteiger partial charge is 0.429 e. The Morgan fingerprint density at radius 1 is 0.667 bits per heavy atom. The summed E-state index contributed by atoms with van der Waals surface area (Å²) in [5.74, 6) is 0. The molecule has 1 unspecified atom stereocenters. The normalized spacial score (nSPS) is 12.0. The standard InChI is InChI=1S/C24H27BOP/c1-23(2,24(3,4)27)26-25-22-15-9-14-21(17-22)20-13-8-12-19(16-20)18-10-6-5-7-11-18/h5-17H,27H2,1-4H3. The third kappa shape index (κ3) is 4.89. The van der Waals surface area contributed by atoms with E-state index in [0.717, 1.165) is 5.46 Å². The summed E-state index contributed by atoms with van der Waals surface area (Å²) in [6, 6.07) is 27.6. The van der Waals surface area contributed by atoms with E-state index in [0.29, 0.717) is 0 Å². The van der Waals surface area contributed by atoms with Crippen LogP contribution in [0, 0.1) is 0 Å². The first-order chi connectivity index (χ1) is 12.8. The Labute approximate surface area is 166 Å². The molecule has 0 fully saturated rings. The predicted molar refractivity (Wildman–Crippen MR) is 122 cm³/mol. The van der Waals surface area contributed by atoms with Gasteiger partial charge >= 0.3 is 7.48 Å². The Morgan fingerprint density at radius 3 is 1.81 bits per heavy atom. The molecule has 27 heavy (non-hydrogen) atoms. The second-order valence-corrected chi connectivity index (χ2v) is 9.48. The molecule has 0 aliphatic carbocycles. The van der Waals surface area contributed by atoms with Gasteiger partial charge in [-0.25, -0.2) is 0 Å². The summed E-state index contributed by atoms with van der Waals surface area (Å²) in [7, 11) is 4.74. The van der Waals surface area contributed by atoms with E-state index in [1.165, 1.54) is 22.3 Å². The van der Waals surface area contributed by atoms with Gasteiger partial charge in [0.15, 0.2) is 0 Å². The van der Waals surface area contributed by atoms with Crippen molar-refractivity contribution < 1.29 is 4.65 Å². The summed E-state index contributed by atoms with van der Waals surface area (Å²) in [5, 5.41) is -0.0227. The van der Waals surface area contributed by atoms with Gasteiger partial charge in [0.1, 0.15) is 0 Å². The average molecular weight is 373 g/mol. The number of hydrogen-bond acceptors (Lipinski definition) is 1. The van der Waals surface area contributed by atoms with Crippen LogP contribution in [0.1, 0.15) is 27.7 Å². The number of rotatable bonds is 6. The second-order valence-electron chi connectivity index (χ2n) is 8.04. The molecule has 0 amide bonds. The van der Waals surface area contributed by atoms with Gasteiger partial charge in [-0.05, 0) is 42.2 Å². The molecule has 1 atom stereocenters. The maximum absolute atomic E-state index is 6.12. The third-order valence-electron chi connectivity index (χ3n) is 5.23. The highest BCUT2D eigenvalue weighted by Gasteiger charge is 2.33. The van der Waals surface area contributed by atoms with Crippen molar-refractivity contribution in [1.29, 1.82) is 0 Å². The van der Waals surface area contributed by atoms with Gasteiger partial charge in [-0.2, -0.15) is 0 Å². The van der Waals surface area contributed by atoms with Gasteiger partial charge in [-0.3, -0.25) is 0 Å². The summed E-state index contributed by atoms with van der Waals surface area (Å²) >= 11 is 0. The third-order valence-corrected chi connectivity index (χ3v) is 5.93. The van der Waals surface area contributed by atoms with Crippen LogP contribution in [0.4, 0.5) is 0 Å². The van der Waals surface area contributed by atoms with E-state index in [1.807, 2.05) is 13.5 Å². The minimum Gasteiger partial charge on any atom is -0.429 e. The summed E-state index contributed by atoms with van der Waals surface area (Å²) < 4.78 is 6.12. The smallest absolute Gasteiger partial charge is 0.330 e. The van der Waals surface area contributed by atoms with Crippen LogP contribution in [0.2, 0.25) is 0 Å². The van der Waals surface area contributed by atoms with Gasteiger partial charge in [-0.1, -0.05) is 92.1 Å². The van der Waals surface area contributed by atoms with Gasteiger partial charge in [-0.15, -0.1) is 9.24 Å². The second kappa shape index (κ2) is 8.01. The van der Waals surface area contributed by atoms with Crippen molar-refractivity contribution in [2.24, 2.45) is 0 Å². The maximum atomic E-state index is 6.12. The first kappa shape index (κ1) is 19.9. The molecular weight excluding hydrogens is 346 g/mol. The van der Waals surface area contributed by atoms with Gasteiger partial charge in [0.25, 0.3) is 0 Å². The highest BCUT2D eigenvalue weighted by atomic mass is 31.0. The molecule has 3 aromatic carbocycles. The SMILES string of the molecule is CC(C)(P)C(C)(C)O[B]c1cccc(-c2cccc(-c3ccccc3)c2)c1. The fourth-order valence-corrected chi connectivity index (χ4v) is 2.74. The number of hydrogen-bond donors (Lipinski definition) is 0. The Morgan fingerprint density at radius 2 is 1.19 bits per heavy atom. The van der Waals surface area contributed by atoms with E-state index >= 15 is 0 Å². The fourth-order valence-electron chi connectivity index (χ4n) is 2.67. The Balaban J connectivity index is 1.82. The zero-order chi connectivity index (χ0) is 19.5. The highest BCUT2D eigenvalue weighted by Crippen LogP contribution is 2.33. The van der Waals surface area contributed by atoms with Crippen LogP contribution >= 0.6 is 9.24 Å². The Kier molecular flexibility index (Phi) is 5.89. The molecule has 0 saturated heterocycles. The summed E-state index contributed by atoms with van der Waals surface area (Å²) in [5.41, 5.74) is 5.64. The monoisotopic (exact) mass is 373 g/mol. The van der Waals surface area contributed by atoms with Crippen molar-refractivity contribution in [3.8, 4) is 22.3 Å². The van der Waals surface area contributed by atoms with Crippen molar-refractivity contribution in [2.75, 3.05) is 0 Å². The Hall–Kier alpha value is -1.89. The molecule has 3 aromatic rings. The first-order valence-electron chi connectivity index (χ1n) is 9.32. The number of benzene rings is 3. The van der Waals surface area contributed by atoms with Crippen molar-refractivity contribution in [3.05, 3.63) is 78.9 Å². The summed E-state index contributed by atoms with van der Waals surface area (Å²) in [6.45, 7) is 8.56. The lowest BCUT2D eigenvalue weighted by Crippen LogP contribution is -2.45. The lowest BCUT2D eigenvalue weighted by atomic mass is 9.82. The first-order valence-corrected chi connectivity index (χ1v) is 9.90. The molecule has 0 saturated carbocycles. The van der Waals surface area contributed by atoms with Gasteiger partial charge in [0.2, 0.25) is 0 Å². The summed E-state index contributed by atoms with van der Waals surface area (Å²) in [6.07, 6.45) is 0. The fraction of sp³-hybridized carbons (Fsp3) is 0.250. The molecule has 0 aliphatic heterocycles. The molecule has 1 nitrogen and oxygen atoms in total. The quantitative estimate of drug-likeness (QED) is 0.397. The van der Waals surface area contributed by atoms with Crippen molar-refractivity contribution in [1.82, 2.24) is 0 Å². The van der Waals surface area contributed by atoms with Gasteiger partial charge < -0.3 is 4.65 Å². The summed E-state index contributed by atoms with van der Waals surface area (Å²) in [4.78, 5) is 0. The topological polar surface area (TPSA) is 9.23 Å². The van der Waals surface area contributed by atoms with Crippen LogP contribution in [-0.2, 0) is 4.65 Å². The molecule has 0 spiro atoms. The van der Waals surface area contributed by atoms with E-state index < -0.39 is 0 Å². The molecule has 3 rings (SSSR count). The van der Waals surface area contributed by atoms with E-state index in [-0.39, 0.29) is 10.8 Å². The van der Waals surface area contributed by atoms with Gasteiger partial charge in [0.05, 0.1) is 5.60 Å². The Bertz CT molecular complexity index is 898. The van der Waals surface area contributed by atoms with E-state index in [9.17, 15) is 0 Å². The van der Waals surface area contributed by atoms with Crippen molar-refractivity contribution in [2.45, 2.75) is 38.5 Å². The molecule has 3 heteroatoms. The predicted octanol–water partition coefficient (Wildman–Crippen LogP) is 5.71. The molecule has 0 aliphatic rings. The molecule has 137 valence electrons. The molecule has 0 aromatic heterocycles. The van der Waals surface area contributed by atoms with Crippen LogP contribution in [0.5, 0.6) is 0 Å². The zero-order valence-corrected chi connectivity index (χ0v) is 17.7. The zero-order valence-electron chi connectivity index (χ0n) is 16.6. The molecule has 0 N–H and O–H groups in total. The minimum atomic E-state index is -0.277. The van der Waals surface area contributed by atoms with Crippen LogP contribution in [0.3, 0.4) is 0 Å². The van der Waals surface area contributed by atoms with E-state index in [2.05, 4.69) is 110 Å². The lowest BCUT2D eigenvalue weighted by Gasteiger charge is -2.39. The highest BCUT2D eigenvalue weighted by molar-refractivity contribution is 7.19. The van der Waals surface area contributed by atoms with E-state index in [4.69, 9.17) is 4.65 Å². The van der Waals surface area contributed by atoms with Crippen LogP contribution < -0.4 is 5.46 Å². The van der Waals surface area contributed by atoms with Crippen LogP contribution in [0.15, 0.2) is 78.9 Å². The molecule has 0 heterocycles. The van der Waals surface area contributed by atoms with E-state index in [1.54, 1.807) is 0 Å². The van der Waals surface area contributed by atoms with Crippen molar-refractivity contribution >= 4 is 22.2 Å². The molecular formula is C24H27BOP. The van der Waals surface area contributed by atoms with Crippen LogP contribution in [-0.4, -0.2) is 18.2 Å².